The molecule has 3 N–H and O–H groups in total. The van der Waals surface area contributed by atoms with E-state index in [1.165, 1.54) is 32.1 Å². The van der Waals surface area contributed by atoms with E-state index in [9.17, 15) is 4.79 Å². The second kappa shape index (κ2) is 13.2. The average molecular weight is 410 g/mol. The van der Waals surface area contributed by atoms with E-state index in [0.717, 1.165) is 25.8 Å². The highest BCUT2D eigenvalue weighted by Gasteiger charge is 2.15. The van der Waals surface area contributed by atoms with Crippen molar-refractivity contribution in [3.05, 3.63) is 0 Å². The highest BCUT2D eigenvalue weighted by atomic mass is 127. The van der Waals surface area contributed by atoms with Crippen molar-refractivity contribution in [1.29, 1.82) is 0 Å². The smallest absolute Gasteiger partial charge is 0.239 e. The SMILES string of the molecule is CCCCCNC(=NC)NCC(=O)NC1CCCCC1.I. The number of halogens is 1. The molecular formula is C15H31IN4O. The summed E-state index contributed by atoms with van der Waals surface area (Å²) in [5.41, 5.74) is 0. The third kappa shape index (κ3) is 9.92. The molecule has 0 aliphatic heterocycles. The third-order valence-electron chi connectivity index (χ3n) is 3.68. The lowest BCUT2D eigenvalue weighted by Gasteiger charge is -2.23. The second-order valence-electron chi connectivity index (χ2n) is 5.46. The molecule has 1 fully saturated rings. The minimum atomic E-state index is 0. The first-order chi connectivity index (χ1) is 9.76. The zero-order valence-corrected chi connectivity index (χ0v) is 15.7. The quantitative estimate of drug-likeness (QED) is 0.261. The topological polar surface area (TPSA) is 65.5 Å². The summed E-state index contributed by atoms with van der Waals surface area (Å²) in [6.45, 7) is 3.38. The molecule has 0 unspecified atom stereocenters. The fourth-order valence-electron chi connectivity index (χ4n) is 2.49. The Balaban J connectivity index is 0.00000400. The van der Waals surface area contributed by atoms with Crippen LogP contribution in [-0.4, -0.2) is 38.0 Å². The van der Waals surface area contributed by atoms with Crippen molar-refractivity contribution in [2.75, 3.05) is 20.1 Å². The van der Waals surface area contributed by atoms with E-state index >= 15 is 0 Å². The molecule has 0 heterocycles. The number of guanidine groups is 1. The van der Waals surface area contributed by atoms with E-state index in [2.05, 4.69) is 27.9 Å². The highest BCUT2D eigenvalue weighted by Crippen LogP contribution is 2.16. The molecule has 124 valence electrons. The number of hydrogen-bond acceptors (Lipinski definition) is 2. The summed E-state index contributed by atoms with van der Waals surface area (Å²) in [5, 5.41) is 9.38. The van der Waals surface area contributed by atoms with Gasteiger partial charge in [-0.05, 0) is 19.3 Å². The standard InChI is InChI=1S/C15H30N4O.HI/c1-3-4-8-11-17-15(16-2)18-12-14(20)19-13-9-6-5-7-10-13;/h13H,3-12H2,1-2H3,(H,19,20)(H2,16,17,18);1H. The van der Waals surface area contributed by atoms with Gasteiger partial charge in [0.1, 0.15) is 0 Å². The number of carbonyl (C=O) groups is 1. The van der Waals surface area contributed by atoms with Crippen LogP contribution >= 0.6 is 24.0 Å². The minimum Gasteiger partial charge on any atom is -0.356 e. The van der Waals surface area contributed by atoms with Gasteiger partial charge in [-0.3, -0.25) is 9.79 Å². The van der Waals surface area contributed by atoms with Crippen LogP contribution < -0.4 is 16.0 Å². The maximum atomic E-state index is 11.9. The number of unbranched alkanes of at least 4 members (excludes halogenated alkanes) is 2. The summed E-state index contributed by atoms with van der Waals surface area (Å²) in [7, 11) is 1.73. The van der Waals surface area contributed by atoms with E-state index in [4.69, 9.17) is 0 Å². The lowest BCUT2D eigenvalue weighted by Crippen LogP contribution is -2.46. The van der Waals surface area contributed by atoms with Gasteiger partial charge in [-0.2, -0.15) is 0 Å². The van der Waals surface area contributed by atoms with E-state index in [-0.39, 0.29) is 29.9 Å². The van der Waals surface area contributed by atoms with Gasteiger partial charge in [0.25, 0.3) is 0 Å². The molecule has 0 aromatic rings. The summed E-state index contributed by atoms with van der Waals surface area (Å²) < 4.78 is 0. The Morgan fingerprint density at radius 3 is 2.48 bits per heavy atom. The van der Waals surface area contributed by atoms with Crippen molar-refractivity contribution in [3.63, 3.8) is 0 Å². The van der Waals surface area contributed by atoms with Gasteiger partial charge in [0, 0.05) is 19.6 Å². The first kappa shape index (κ1) is 20.5. The van der Waals surface area contributed by atoms with Crippen molar-refractivity contribution in [3.8, 4) is 0 Å². The molecule has 1 rings (SSSR count). The van der Waals surface area contributed by atoms with Gasteiger partial charge >= 0.3 is 0 Å². The Hall–Kier alpha value is -0.530. The van der Waals surface area contributed by atoms with Crippen molar-refractivity contribution in [2.45, 2.75) is 64.3 Å². The molecule has 6 heteroatoms. The number of nitrogens with one attached hydrogen (secondary N) is 3. The Kier molecular flexibility index (Phi) is 12.8. The summed E-state index contributed by atoms with van der Waals surface area (Å²) >= 11 is 0. The van der Waals surface area contributed by atoms with Gasteiger partial charge in [-0.25, -0.2) is 0 Å². The number of rotatable bonds is 7. The number of hydrogen-bond donors (Lipinski definition) is 3. The number of aliphatic imine (C=N–C) groups is 1. The summed E-state index contributed by atoms with van der Waals surface area (Å²) in [6, 6.07) is 0.373. The number of nitrogens with zero attached hydrogens (tertiary/aromatic N) is 1. The molecule has 1 aliphatic carbocycles. The van der Waals surface area contributed by atoms with Crippen LogP contribution in [0.2, 0.25) is 0 Å². The normalized spacial score (nSPS) is 16.0. The van der Waals surface area contributed by atoms with Crippen LogP contribution in [0.25, 0.3) is 0 Å². The maximum Gasteiger partial charge on any atom is 0.239 e. The van der Waals surface area contributed by atoms with Crippen LogP contribution in [0.5, 0.6) is 0 Å². The van der Waals surface area contributed by atoms with E-state index in [1.54, 1.807) is 7.05 Å². The molecule has 1 saturated carbocycles. The summed E-state index contributed by atoms with van der Waals surface area (Å²) in [6.07, 6.45) is 9.57. The van der Waals surface area contributed by atoms with Gasteiger partial charge in [-0.1, -0.05) is 39.0 Å². The third-order valence-corrected chi connectivity index (χ3v) is 3.68. The van der Waals surface area contributed by atoms with Gasteiger partial charge in [-0.15, -0.1) is 24.0 Å². The zero-order valence-electron chi connectivity index (χ0n) is 13.4. The Morgan fingerprint density at radius 1 is 1.14 bits per heavy atom. The average Bonchev–Trinajstić information content (AvgIpc) is 2.47. The summed E-state index contributed by atoms with van der Waals surface area (Å²) in [5.74, 6) is 0.772. The lowest BCUT2D eigenvalue weighted by molar-refractivity contribution is -0.120. The number of amides is 1. The van der Waals surface area contributed by atoms with E-state index in [1.807, 2.05) is 0 Å². The predicted octanol–water partition coefficient (Wildman–Crippen LogP) is 2.41. The molecule has 0 bridgehead atoms. The van der Waals surface area contributed by atoms with E-state index < -0.39 is 0 Å². The van der Waals surface area contributed by atoms with Crippen molar-refractivity contribution in [2.24, 2.45) is 4.99 Å². The van der Waals surface area contributed by atoms with Gasteiger partial charge in [0.2, 0.25) is 5.91 Å². The Bertz CT molecular complexity index is 304. The number of carbonyl (C=O) groups excluding carboxylic acids is 1. The molecule has 0 saturated heterocycles. The van der Waals surface area contributed by atoms with Gasteiger partial charge in [0.05, 0.1) is 6.54 Å². The predicted molar refractivity (Wildman–Crippen MR) is 99.3 cm³/mol. The molecule has 1 amide bonds. The molecule has 21 heavy (non-hydrogen) atoms. The summed E-state index contributed by atoms with van der Waals surface area (Å²) in [4.78, 5) is 16.0. The lowest BCUT2D eigenvalue weighted by atomic mass is 9.95. The molecule has 1 aliphatic rings. The molecule has 0 spiro atoms. The first-order valence-electron chi connectivity index (χ1n) is 8.00. The fourth-order valence-corrected chi connectivity index (χ4v) is 2.49. The van der Waals surface area contributed by atoms with Crippen LogP contribution in [0.3, 0.4) is 0 Å². The first-order valence-corrected chi connectivity index (χ1v) is 8.00. The minimum absolute atomic E-state index is 0. The van der Waals surface area contributed by atoms with E-state index in [0.29, 0.717) is 18.5 Å². The van der Waals surface area contributed by atoms with Crippen molar-refractivity contribution >= 4 is 35.8 Å². The fraction of sp³-hybridized carbons (Fsp3) is 0.867. The van der Waals surface area contributed by atoms with Crippen LogP contribution in [0.4, 0.5) is 0 Å². The molecule has 0 radical (unpaired) electrons. The van der Waals surface area contributed by atoms with Crippen molar-refractivity contribution < 1.29 is 4.79 Å². The molecule has 0 aromatic heterocycles. The van der Waals surface area contributed by atoms with Crippen LogP contribution in [0.1, 0.15) is 58.3 Å². The molecular weight excluding hydrogens is 379 g/mol. The maximum absolute atomic E-state index is 11.9. The van der Waals surface area contributed by atoms with Crippen LogP contribution in [0.15, 0.2) is 4.99 Å². The zero-order chi connectivity index (χ0) is 14.6. The van der Waals surface area contributed by atoms with Crippen molar-refractivity contribution in [1.82, 2.24) is 16.0 Å². The molecule has 0 atom stereocenters. The monoisotopic (exact) mass is 410 g/mol. The van der Waals surface area contributed by atoms with Gasteiger partial charge in [0.15, 0.2) is 5.96 Å². The molecule has 0 aromatic carbocycles. The largest absolute Gasteiger partial charge is 0.356 e. The molecule has 5 nitrogen and oxygen atoms in total. The van der Waals surface area contributed by atoms with Gasteiger partial charge < -0.3 is 16.0 Å². The second-order valence-corrected chi connectivity index (χ2v) is 5.46. The Labute approximate surface area is 146 Å². The van der Waals surface area contributed by atoms with Crippen LogP contribution in [-0.2, 0) is 4.79 Å². The Morgan fingerprint density at radius 2 is 1.86 bits per heavy atom. The van der Waals surface area contributed by atoms with Crippen LogP contribution in [0, 0.1) is 0 Å². The highest BCUT2D eigenvalue weighted by molar-refractivity contribution is 14.0.